The summed E-state index contributed by atoms with van der Waals surface area (Å²) in [5.41, 5.74) is -0.879. The maximum absolute atomic E-state index is 12.6. The first-order valence-corrected chi connectivity index (χ1v) is 9.21. The maximum atomic E-state index is 12.6. The highest BCUT2D eigenvalue weighted by Crippen LogP contribution is 2.20. The molecule has 1 fully saturated rings. The molecule has 1 aliphatic rings. The van der Waals surface area contributed by atoms with E-state index in [1.54, 1.807) is 31.2 Å². The SMILES string of the molecule is CCOc1ccccc1C(=O)N[C@@H]1CO[C@H](Cn2ccc(=O)[nH]c2=O)[C@@H](O)[C@H]1O. The van der Waals surface area contributed by atoms with Crippen LogP contribution in [-0.4, -0.2) is 63.2 Å². The predicted molar refractivity (Wildman–Crippen MR) is 102 cm³/mol. The van der Waals surface area contributed by atoms with Crippen molar-refractivity contribution in [2.75, 3.05) is 13.2 Å². The van der Waals surface area contributed by atoms with Crippen molar-refractivity contribution >= 4 is 5.91 Å². The summed E-state index contributed by atoms with van der Waals surface area (Å²) in [5.74, 6) is -0.0567. The number of aliphatic hydroxyl groups is 2. The third-order valence-corrected chi connectivity index (χ3v) is 4.65. The number of amides is 1. The Morgan fingerprint density at radius 3 is 2.76 bits per heavy atom. The number of hydrogen-bond donors (Lipinski definition) is 4. The van der Waals surface area contributed by atoms with Crippen LogP contribution in [0.15, 0.2) is 46.1 Å². The summed E-state index contributed by atoms with van der Waals surface area (Å²) in [5, 5.41) is 23.5. The van der Waals surface area contributed by atoms with Gasteiger partial charge in [-0.15, -0.1) is 0 Å². The van der Waals surface area contributed by atoms with Gasteiger partial charge in [-0.2, -0.15) is 0 Å². The van der Waals surface area contributed by atoms with Crippen LogP contribution in [0.2, 0.25) is 0 Å². The molecule has 1 amide bonds. The average Bonchev–Trinajstić information content (AvgIpc) is 2.70. The molecule has 0 saturated carbocycles. The molecule has 2 heterocycles. The molecule has 1 aliphatic heterocycles. The van der Waals surface area contributed by atoms with Crippen molar-refractivity contribution in [3.63, 3.8) is 0 Å². The lowest BCUT2D eigenvalue weighted by Crippen LogP contribution is -2.60. The van der Waals surface area contributed by atoms with Gasteiger partial charge >= 0.3 is 5.69 Å². The van der Waals surface area contributed by atoms with Crippen LogP contribution in [0, 0.1) is 0 Å². The number of aliphatic hydroxyl groups excluding tert-OH is 2. The van der Waals surface area contributed by atoms with Gasteiger partial charge in [0.1, 0.15) is 24.1 Å². The van der Waals surface area contributed by atoms with Crippen LogP contribution in [0.3, 0.4) is 0 Å². The van der Waals surface area contributed by atoms with E-state index in [1.807, 2.05) is 0 Å². The highest BCUT2D eigenvalue weighted by Gasteiger charge is 2.39. The number of hydrogen-bond acceptors (Lipinski definition) is 7. The van der Waals surface area contributed by atoms with Crippen LogP contribution in [0.4, 0.5) is 0 Å². The van der Waals surface area contributed by atoms with Crippen LogP contribution in [-0.2, 0) is 11.3 Å². The van der Waals surface area contributed by atoms with Gasteiger partial charge in [-0.3, -0.25) is 19.1 Å². The van der Waals surface area contributed by atoms with Gasteiger partial charge in [-0.25, -0.2) is 4.79 Å². The number of aromatic amines is 1. The normalized spacial score (nSPS) is 24.1. The molecule has 0 unspecified atom stereocenters. The highest BCUT2D eigenvalue weighted by atomic mass is 16.5. The van der Waals surface area contributed by atoms with Gasteiger partial charge in [0, 0.05) is 12.3 Å². The monoisotopic (exact) mass is 405 g/mol. The minimum absolute atomic E-state index is 0.0659. The molecule has 29 heavy (non-hydrogen) atoms. The lowest BCUT2D eigenvalue weighted by molar-refractivity contribution is -0.152. The Bertz CT molecular complexity index is 971. The second-order valence-corrected chi connectivity index (χ2v) is 6.62. The molecular weight excluding hydrogens is 382 g/mol. The van der Waals surface area contributed by atoms with Gasteiger partial charge in [0.05, 0.1) is 31.4 Å². The minimum atomic E-state index is -1.35. The van der Waals surface area contributed by atoms with Gasteiger partial charge in [0.15, 0.2) is 0 Å². The molecule has 1 aromatic heterocycles. The number of benzene rings is 1. The molecule has 2 aromatic rings. The average molecular weight is 405 g/mol. The van der Waals surface area contributed by atoms with Crippen LogP contribution in [0.1, 0.15) is 17.3 Å². The fourth-order valence-corrected chi connectivity index (χ4v) is 3.13. The zero-order chi connectivity index (χ0) is 21.0. The van der Waals surface area contributed by atoms with Crippen molar-refractivity contribution in [2.24, 2.45) is 0 Å². The number of nitrogens with zero attached hydrogens (tertiary/aromatic N) is 1. The van der Waals surface area contributed by atoms with Crippen molar-refractivity contribution in [3.05, 3.63) is 62.9 Å². The summed E-state index contributed by atoms with van der Waals surface area (Å²) in [4.78, 5) is 37.6. The van der Waals surface area contributed by atoms with E-state index in [0.717, 1.165) is 0 Å². The van der Waals surface area contributed by atoms with Gasteiger partial charge in [0.2, 0.25) is 0 Å². The van der Waals surface area contributed by atoms with E-state index in [4.69, 9.17) is 9.47 Å². The summed E-state index contributed by atoms with van der Waals surface area (Å²) in [6.45, 7) is 2.06. The highest BCUT2D eigenvalue weighted by molar-refractivity contribution is 5.97. The molecule has 4 atom stereocenters. The smallest absolute Gasteiger partial charge is 0.328 e. The van der Waals surface area contributed by atoms with E-state index in [9.17, 15) is 24.6 Å². The summed E-state index contributed by atoms with van der Waals surface area (Å²) >= 11 is 0. The van der Waals surface area contributed by atoms with Crippen LogP contribution in [0.25, 0.3) is 0 Å². The van der Waals surface area contributed by atoms with Crippen molar-refractivity contribution in [3.8, 4) is 5.75 Å². The van der Waals surface area contributed by atoms with E-state index >= 15 is 0 Å². The summed E-state index contributed by atoms with van der Waals surface area (Å²) in [6, 6.07) is 7.02. The molecule has 4 N–H and O–H groups in total. The van der Waals surface area contributed by atoms with E-state index < -0.39 is 41.5 Å². The van der Waals surface area contributed by atoms with E-state index in [1.165, 1.54) is 16.8 Å². The third kappa shape index (κ3) is 4.73. The van der Waals surface area contributed by atoms with Crippen molar-refractivity contribution in [1.82, 2.24) is 14.9 Å². The quantitative estimate of drug-likeness (QED) is 0.475. The summed E-state index contributed by atoms with van der Waals surface area (Å²) < 4.78 is 12.2. The first kappa shape index (κ1) is 20.8. The number of para-hydroxylation sites is 1. The van der Waals surface area contributed by atoms with Crippen molar-refractivity contribution in [1.29, 1.82) is 0 Å². The number of ether oxygens (including phenoxy) is 2. The second kappa shape index (κ2) is 9.03. The van der Waals surface area contributed by atoms with Gasteiger partial charge < -0.3 is 25.0 Å². The minimum Gasteiger partial charge on any atom is -0.493 e. The number of rotatable bonds is 6. The fourth-order valence-electron chi connectivity index (χ4n) is 3.13. The standard InChI is InChI=1S/C19H23N3O7/c1-2-28-13-6-4-3-5-11(13)18(26)20-12-10-29-14(17(25)16(12)24)9-22-8-7-15(23)21-19(22)27/h3-8,12,14,16-17,24-25H,2,9-10H2,1H3,(H,20,26)(H,21,23,27)/t12-,14-,16+,17-/m1/s1. The number of aromatic nitrogens is 2. The predicted octanol–water partition coefficient (Wildman–Crippen LogP) is -1.15. The van der Waals surface area contributed by atoms with Crippen molar-refractivity contribution < 1.29 is 24.5 Å². The first-order valence-electron chi connectivity index (χ1n) is 9.21. The second-order valence-electron chi connectivity index (χ2n) is 6.62. The van der Waals surface area contributed by atoms with Crippen LogP contribution in [0.5, 0.6) is 5.75 Å². The molecule has 10 heteroatoms. The molecule has 1 aromatic carbocycles. The van der Waals surface area contributed by atoms with Crippen LogP contribution < -0.4 is 21.3 Å². The number of H-pyrrole nitrogens is 1. The summed E-state index contributed by atoms with van der Waals surface area (Å²) in [7, 11) is 0. The molecule has 0 aliphatic carbocycles. The number of carbonyl (C=O) groups excluding carboxylic acids is 1. The van der Waals surface area contributed by atoms with E-state index in [0.29, 0.717) is 17.9 Å². The molecule has 1 saturated heterocycles. The zero-order valence-electron chi connectivity index (χ0n) is 15.8. The van der Waals surface area contributed by atoms with E-state index in [2.05, 4.69) is 10.3 Å². The Balaban J connectivity index is 1.66. The van der Waals surface area contributed by atoms with Gasteiger partial charge in [-0.05, 0) is 19.1 Å². The summed E-state index contributed by atoms with van der Waals surface area (Å²) in [6.07, 6.45) is -2.27. The maximum Gasteiger partial charge on any atom is 0.328 e. The molecular formula is C19H23N3O7. The lowest BCUT2D eigenvalue weighted by Gasteiger charge is -2.38. The van der Waals surface area contributed by atoms with Crippen LogP contribution >= 0.6 is 0 Å². The first-order chi connectivity index (χ1) is 13.9. The van der Waals surface area contributed by atoms with Gasteiger partial charge in [-0.1, -0.05) is 12.1 Å². The van der Waals surface area contributed by atoms with Crippen molar-refractivity contribution in [2.45, 2.75) is 37.8 Å². The third-order valence-electron chi connectivity index (χ3n) is 4.65. The lowest BCUT2D eigenvalue weighted by atomic mass is 9.97. The Hall–Kier alpha value is -2.95. The number of carbonyl (C=O) groups is 1. The topological polar surface area (TPSA) is 143 Å². The van der Waals surface area contributed by atoms with E-state index in [-0.39, 0.29) is 13.2 Å². The zero-order valence-corrected chi connectivity index (χ0v) is 15.8. The molecule has 0 bridgehead atoms. The fraction of sp³-hybridized carbons (Fsp3) is 0.421. The Morgan fingerprint density at radius 2 is 2.03 bits per heavy atom. The molecule has 0 spiro atoms. The Labute approximate surface area is 165 Å². The Morgan fingerprint density at radius 1 is 1.28 bits per heavy atom. The largest absolute Gasteiger partial charge is 0.493 e. The molecule has 0 radical (unpaired) electrons. The molecule has 156 valence electrons. The molecule has 3 rings (SSSR count). The molecule has 10 nitrogen and oxygen atoms in total. The number of nitrogens with one attached hydrogen (secondary N) is 2. The Kier molecular flexibility index (Phi) is 6.47. The van der Waals surface area contributed by atoms with Gasteiger partial charge in [0.25, 0.3) is 11.5 Å².